The summed E-state index contributed by atoms with van der Waals surface area (Å²) in [5.41, 5.74) is 0. The summed E-state index contributed by atoms with van der Waals surface area (Å²) in [5.74, 6) is 0.708. The molecular weight excluding hydrogens is 218 g/mol. The second-order valence-electron chi connectivity index (χ2n) is 3.10. The highest BCUT2D eigenvalue weighted by atomic mass is 35.5. The van der Waals surface area contributed by atoms with E-state index < -0.39 is 0 Å². The highest BCUT2D eigenvalue weighted by molar-refractivity contribution is 5.94. The maximum atomic E-state index is 11.4. The van der Waals surface area contributed by atoms with E-state index in [2.05, 4.69) is 10.3 Å². The predicted molar refractivity (Wildman–Crippen MR) is 58.4 cm³/mol. The number of carbonyl (C=O) groups is 1. The normalized spacial score (nSPS) is 16.0. The van der Waals surface area contributed by atoms with Gasteiger partial charge in [-0.15, -0.1) is 12.4 Å². The zero-order valence-corrected chi connectivity index (χ0v) is 8.83. The molecule has 2 N–H and O–H groups in total. The summed E-state index contributed by atoms with van der Waals surface area (Å²) in [7, 11) is 0. The number of aromatic hydroxyl groups is 1. The molecule has 0 saturated carbocycles. The Morgan fingerprint density at radius 3 is 2.87 bits per heavy atom. The van der Waals surface area contributed by atoms with E-state index in [0.717, 1.165) is 6.54 Å². The SMILES string of the molecule is Cl.O=C1CNCCN1c1ccc(O)cn1. The molecule has 1 amide bonds. The Bertz CT molecular complexity index is 342. The molecule has 0 unspecified atom stereocenters. The Labute approximate surface area is 93.5 Å². The van der Waals surface area contributed by atoms with Gasteiger partial charge in [0.2, 0.25) is 5.91 Å². The van der Waals surface area contributed by atoms with Crippen LogP contribution in [0.15, 0.2) is 18.3 Å². The third kappa shape index (κ3) is 2.57. The number of carbonyl (C=O) groups excluding carboxylic acids is 1. The van der Waals surface area contributed by atoms with E-state index in [0.29, 0.717) is 18.9 Å². The molecule has 5 nitrogen and oxygen atoms in total. The van der Waals surface area contributed by atoms with Gasteiger partial charge >= 0.3 is 0 Å². The van der Waals surface area contributed by atoms with Crippen molar-refractivity contribution in [2.45, 2.75) is 0 Å². The standard InChI is InChI=1S/C9H11N3O2.ClH/c13-7-1-2-8(11-5-7)12-4-3-10-6-9(12)14;/h1-2,5,10,13H,3-4,6H2;1H. The Morgan fingerprint density at radius 1 is 1.47 bits per heavy atom. The summed E-state index contributed by atoms with van der Waals surface area (Å²) in [6, 6.07) is 3.16. The largest absolute Gasteiger partial charge is 0.506 e. The van der Waals surface area contributed by atoms with Crippen LogP contribution in [-0.2, 0) is 4.79 Å². The smallest absolute Gasteiger partial charge is 0.242 e. The minimum absolute atomic E-state index is 0. The second kappa shape index (κ2) is 4.95. The van der Waals surface area contributed by atoms with Gasteiger partial charge in [-0.2, -0.15) is 0 Å². The van der Waals surface area contributed by atoms with E-state index in [1.165, 1.54) is 12.3 Å². The molecule has 1 aromatic rings. The topological polar surface area (TPSA) is 65.5 Å². The molecule has 6 heteroatoms. The zero-order chi connectivity index (χ0) is 9.97. The van der Waals surface area contributed by atoms with Gasteiger partial charge in [-0.25, -0.2) is 4.98 Å². The van der Waals surface area contributed by atoms with E-state index in [1.807, 2.05) is 0 Å². The zero-order valence-electron chi connectivity index (χ0n) is 8.01. The van der Waals surface area contributed by atoms with Gasteiger partial charge in [0.1, 0.15) is 11.6 Å². The molecule has 1 saturated heterocycles. The van der Waals surface area contributed by atoms with Crippen LogP contribution in [0.1, 0.15) is 0 Å². The average molecular weight is 230 g/mol. The summed E-state index contributed by atoms with van der Waals surface area (Å²) in [6.07, 6.45) is 1.34. The highest BCUT2D eigenvalue weighted by Gasteiger charge is 2.19. The predicted octanol–water partition coefficient (Wildman–Crippen LogP) is 0.145. The first kappa shape index (κ1) is 11.7. The molecule has 0 bridgehead atoms. The van der Waals surface area contributed by atoms with E-state index in [1.54, 1.807) is 11.0 Å². The first-order valence-corrected chi connectivity index (χ1v) is 4.43. The van der Waals surface area contributed by atoms with Crippen LogP contribution in [-0.4, -0.2) is 35.6 Å². The Kier molecular flexibility index (Phi) is 3.88. The lowest BCUT2D eigenvalue weighted by Gasteiger charge is -2.26. The highest BCUT2D eigenvalue weighted by Crippen LogP contribution is 2.15. The lowest BCUT2D eigenvalue weighted by atomic mass is 10.3. The minimum atomic E-state index is 0. The first-order chi connectivity index (χ1) is 6.77. The van der Waals surface area contributed by atoms with Gasteiger partial charge in [0.25, 0.3) is 0 Å². The quantitative estimate of drug-likeness (QED) is 0.719. The van der Waals surface area contributed by atoms with Crippen molar-refractivity contribution < 1.29 is 9.90 Å². The average Bonchev–Trinajstić information content (AvgIpc) is 2.20. The molecule has 1 fully saturated rings. The van der Waals surface area contributed by atoms with Crippen LogP contribution >= 0.6 is 12.4 Å². The first-order valence-electron chi connectivity index (χ1n) is 4.43. The number of nitrogens with one attached hydrogen (secondary N) is 1. The fraction of sp³-hybridized carbons (Fsp3) is 0.333. The van der Waals surface area contributed by atoms with Crippen molar-refractivity contribution >= 4 is 24.1 Å². The van der Waals surface area contributed by atoms with Crippen molar-refractivity contribution in [3.8, 4) is 5.75 Å². The van der Waals surface area contributed by atoms with Gasteiger partial charge in [-0.05, 0) is 12.1 Å². The number of halogens is 1. The summed E-state index contributed by atoms with van der Waals surface area (Å²) < 4.78 is 0. The fourth-order valence-corrected chi connectivity index (χ4v) is 1.39. The van der Waals surface area contributed by atoms with E-state index in [4.69, 9.17) is 5.11 Å². The van der Waals surface area contributed by atoms with Gasteiger partial charge in [0.15, 0.2) is 0 Å². The number of amides is 1. The van der Waals surface area contributed by atoms with Crippen LogP contribution < -0.4 is 10.2 Å². The maximum Gasteiger partial charge on any atom is 0.242 e. The van der Waals surface area contributed by atoms with Crippen molar-refractivity contribution in [3.63, 3.8) is 0 Å². The Morgan fingerprint density at radius 2 is 2.27 bits per heavy atom. The third-order valence-corrected chi connectivity index (χ3v) is 2.10. The van der Waals surface area contributed by atoms with Crippen molar-refractivity contribution in [2.75, 3.05) is 24.5 Å². The molecule has 1 aliphatic rings. The fourth-order valence-electron chi connectivity index (χ4n) is 1.39. The van der Waals surface area contributed by atoms with Gasteiger partial charge in [0, 0.05) is 13.1 Å². The summed E-state index contributed by atoms with van der Waals surface area (Å²) in [5, 5.41) is 12.0. The number of nitrogens with zero attached hydrogens (tertiary/aromatic N) is 2. The molecule has 1 aromatic heterocycles. The van der Waals surface area contributed by atoms with Gasteiger partial charge < -0.3 is 10.4 Å². The molecule has 15 heavy (non-hydrogen) atoms. The van der Waals surface area contributed by atoms with Crippen molar-refractivity contribution in [1.29, 1.82) is 0 Å². The molecular formula is C9H12ClN3O2. The van der Waals surface area contributed by atoms with Crippen LogP contribution in [0.2, 0.25) is 0 Å². The maximum absolute atomic E-state index is 11.4. The lowest BCUT2D eigenvalue weighted by molar-refractivity contribution is -0.118. The van der Waals surface area contributed by atoms with E-state index >= 15 is 0 Å². The van der Waals surface area contributed by atoms with E-state index in [9.17, 15) is 4.79 Å². The third-order valence-electron chi connectivity index (χ3n) is 2.10. The number of pyridine rings is 1. The second-order valence-corrected chi connectivity index (χ2v) is 3.10. The monoisotopic (exact) mass is 229 g/mol. The van der Waals surface area contributed by atoms with Crippen LogP contribution in [0.25, 0.3) is 0 Å². The number of rotatable bonds is 1. The number of hydrogen-bond donors (Lipinski definition) is 2. The van der Waals surface area contributed by atoms with Gasteiger partial charge in [-0.1, -0.05) is 0 Å². The molecule has 2 heterocycles. The number of hydrogen-bond acceptors (Lipinski definition) is 4. The summed E-state index contributed by atoms with van der Waals surface area (Å²) in [4.78, 5) is 17.0. The lowest BCUT2D eigenvalue weighted by Crippen LogP contribution is -2.48. The molecule has 82 valence electrons. The molecule has 0 aliphatic carbocycles. The summed E-state index contributed by atoms with van der Waals surface area (Å²) >= 11 is 0. The summed E-state index contributed by atoms with van der Waals surface area (Å²) in [6.45, 7) is 1.74. The molecule has 0 aromatic carbocycles. The molecule has 0 radical (unpaired) electrons. The van der Waals surface area contributed by atoms with Crippen molar-refractivity contribution in [1.82, 2.24) is 10.3 Å². The van der Waals surface area contributed by atoms with Crippen LogP contribution in [0.5, 0.6) is 5.75 Å². The van der Waals surface area contributed by atoms with Crippen LogP contribution in [0, 0.1) is 0 Å². The van der Waals surface area contributed by atoms with Crippen molar-refractivity contribution in [3.05, 3.63) is 18.3 Å². The molecule has 0 atom stereocenters. The number of anilines is 1. The molecule has 0 spiro atoms. The minimum Gasteiger partial charge on any atom is -0.506 e. The number of aromatic nitrogens is 1. The Balaban J connectivity index is 0.00000112. The van der Waals surface area contributed by atoms with Gasteiger partial charge in [0.05, 0.1) is 12.7 Å². The molecule has 1 aliphatic heterocycles. The Hall–Kier alpha value is -1.33. The van der Waals surface area contributed by atoms with E-state index in [-0.39, 0.29) is 24.1 Å². The molecule has 2 rings (SSSR count). The van der Waals surface area contributed by atoms with Crippen molar-refractivity contribution in [2.24, 2.45) is 0 Å². The number of piperazine rings is 1. The van der Waals surface area contributed by atoms with Crippen LogP contribution in [0.4, 0.5) is 5.82 Å². The van der Waals surface area contributed by atoms with Gasteiger partial charge in [-0.3, -0.25) is 9.69 Å². The van der Waals surface area contributed by atoms with Crippen LogP contribution in [0.3, 0.4) is 0 Å².